The van der Waals surface area contributed by atoms with Crippen molar-refractivity contribution in [2.24, 2.45) is 0 Å². The van der Waals surface area contributed by atoms with E-state index in [-0.39, 0.29) is 18.4 Å². The lowest BCUT2D eigenvalue weighted by atomic mass is 10.1. The van der Waals surface area contributed by atoms with E-state index in [0.717, 1.165) is 41.2 Å². The molecule has 0 saturated carbocycles. The van der Waals surface area contributed by atoms with Gasteiger partial charge in [-0.1, -0.05) is 18.2 Å². The third kappa shape index (κ3) is 4.04. The van der Waals surface area contributed by atoms with Gasteiger partial charge in [-0.25, -0.2) is 0 Å². The van der Waals surface area contributed by atoms with Gasteiger partial charge >= 0.3 is 0 Å². The molecular weight excluding hydrogens is 344 g/mol. The molecule has 1 aromatic carbocycles. The summed E-state index contributed by atoms with van der Waals surface area (Å²) in [5, 5.41) is 11.3. The van der Waals surface area contributed by atoms with Crippen molar-refractivity contribution in [3.63, 3.8) is 0 Å². The number of carbonyl (C=O) groups excluding carboxylic acids is 1. The second kappa shape index (κ2) is 7.94. The Morgan fingerprint density at radius 3 is 2.85 bits per heavy atom. The number of carbonyl (C=O) groups is 1. The molecule has 1 fully saturated rings. The molecule has 0 radical (unpaired) electrons. The lowest BCUT2D eigenvalue weighted by Crippen LogP contribution is -2.44. The molecule has 4 rings (SSSR count). The molecule has 1 aliphatic heterocycles. The first-order chi connectivity index (χ1) is 13.2. The zero-order chi connectivity index (χ0) is 18.6. The van der Waals surface area contributed by atoms with E-state index in [1.807, 2.05) is 43.3 Å². The summed E-state index contributed by atoms with van der Waals surface area (Å²) in [4.78, 5) is 14.8. The van der Waals surface area contributed by atoms with Gasteiger partial charge < -0.3 is 14.5 Å². The second-order valence-electron chi connectivity index (χ2n) is 6.81. The Kier molecular flexibility index (Phi) is 5.22. The smallest absolute Gasteiger partial charge is 0.226 e. The molecule has 142 valence electrons. The molecular formula is C20H24N4O3. The number of rotatable bonds is 6. The Morgan fingerprint density at radius 2 is 2.07 bits per heavy atom. The van der Waals surface area contributed by atoms with Gasteiger partial charge in [0.25, 0.3) is 0 Å². The summed E-state index contributed by atoms with van der Waals surface area (Å²) in [5.41, 5.74) is 1.71. The molecule has 27 heavy (non-hydrogen) atoms. The van der Waals surface area contributed by atoms with Crippen molar-refractivity contribution >= 4 is 16.8 Å². The Morgan fingerprint density at radius 1 is 1.26 bits per heavy atom. The summed E-state index contributed by atoms with van der Waals surface area (Å²) in [6, 6.07) is 11.7. The van der Waals surface area contributed by atoms with Crippen LogP contribution in [0.15, 0.2) is 40.8 Å². The highest BCUT2D eigenvalue weighted by molar-refractivity contribution is 5.87. The maximum Gasteiger partial charge on any atom is 0.226 e. The maximum absolute atomic E-state index is 12.5. The molecule has 2 N–H and O–H groups in total. The van der Waals surface area contributed by atoms with Crippen molar-refractivity contribution in [1.82, 2.24) is 20.4 Å². The fourth-order valence-corrected chi connectivity index (χ4v) is 3.51. The highest BCUT2D eigenvalue weighted by Gasteiger charge is 2.25. The van der Waals surface area contributed by atoms with Crippen molar-refractivity contribution in [2.75, 3.05) is 32.8 Å². The average Bonchev–Trinajstić information content (AvgIpc) is 3.30. The number of aromatic amines is 1. The molecule has 3 aromatic rings. The fourth-order valence-electron chi connectivity index (χ4n) is 3.51. The highest BCUT2D eigenvalue weighted by atomic mass is 16.5. The van der Waals surface area contributed by atoms with Gasteiger partial charge in [0, 0.05) is 25.0 Å². The minimum atomic E-state index is -0.0362. The van der Waals surface area contributed by atoms with Gasteiger partial charge in [-0.15, -0.1) is 0 Å². The number of hydrogen-bond acceptors (Lipinski definition) is 5. The summed E-state index contributed by atoms with van der Waals surface area (Å²) in [7, 11) is 0. The number of nitrogens with zero attached hydrogens (tertiary/aromatic N) is 2. The van der Waals surface area contributed by atoms with Crippen LogP contribution >= 0.6 is 0 Å². The zero-order valence-corrected chi connectivity index (χ0v) is 15.4. The first-order valence-corrected chi connectivity index (χ1v) is 9.27. The standard InChI is InChI=1S/C20H24N4O3/c1-14-6-7-19(27-14)18(24-8-10-26-11-9-24)13-21-20(25)12-17-15-4-2-3-5-16(15)22-23-17/h2-7,18H,8-13H2,1H3,(H,21,25)(H,22,23)/t18-/m0/s1. The first kappa shape index (κ1) is 17.8. The molecule has 2 aromatic heterocycles. The van der Waals surface area contributed by atoms with Crippen LogP contribution in [-0.2, 0) is 16.0 Å². The van der Waals surface area contributed by atoms with Crippen LogP contribution in [0, 0.1) is 6.92 Å². The van der Waals surface area contributed by atoms with Crippen LogP contribution in [0.3, 0.4) is 0 Å². The van der Waals surface area contributed by atoms with Crippen molar-refractivity contribution in [3.8, 4) is 0 Å². The molecule has 7 nitrogen and oxygen atoms in total. The molecule has 1 atom stereocenters. The SMILES string of the molecule is Cc1ccc([C@H](CNC(=O)Cc2[nH]nc3ccccc23)N2CCOCC2)o1. The number of amides is 1. The minimum Gasteiger partial charge on any atom is -0.465 e. The Labute approximate surface area is 157 Å². The molecule has 1 aliphatic rings. The molecule has 1 saturated heterocycles. The van der Waals surface area contributed by atoms with Crippen molar-refractivity contribution < 1.29 is 13.9 Å². The summed E-state index contributed by atoms with van der Waals surface area (Å²) >= 11 is 0. The van der Waals surface area contributed by atoms with E-state index in [1.54, 1.807) is 0 Å². The van der Waals surface area contributed by atoms with E-state index in [9.17, 15) is 4.79 Å². The highest BCUT2D eigenvalue weighted by Crippen LogP contribution is 2.23. The largest absolute Gasteiger partial charge is 0.465 e. The van der Waals surface area contributed by atoms with Crippen LogP contribution in [0.1, 0.15) is 23.3 Å². The third-order valence-electron chi connectivity index (χ3n) is 4.95. The summed E-state index contributed by atoms with van der Waals surface area (Å²) in [6.45, 7) is 5.48. The van der Waals surface area contributed by atoms with E-state index in [1.165, 1.54) is 0 Å². The number of H-pyrrole nitrogens is 1. The van der Waals surface area contributed by atoms with Gasteiger partial charge in [0.2, 0.25) is 5.91 Å². The van der Waals surface area contributed by atoms with Crippen LogP contribution in [0.2, 0.25) is 0 Å². The predicted molar refractivity (Wildman–Crippen MR) is 101 cm³/mol. The number of morpholine rings is 1. The number of furan rings is 1. The predicted octanol–water partition coefficient (Wildman–Crippen LogP) is 2.20. The minimum absolute atomic E-state index is 0.00469. The number of aryl methyl sites for hydroxylation is 1. The van der Waals surface area contributed by atoms with Gasteiger partial charge in [0.15, 0.2) is 0 Å². The molecule has 0 spiro atoms. The van der Waals surface area contributed by atoms with Gasteiger partial charge in [0.1, 0.15) is 11.5 Å². The quantitative estimate of drug-likeness (QED) is 0.697. The summed E-state index contributed by atoms with van der Waals surface area (Å²) in [6.07, 6.45) is 0.271. The van der Waals surface area contributed by atoms with Gasteiger partial charge in [-0.2, -0.15) is 5.10 Å². The van der Waals surface area contributed by atoms with Crippen LogP contribution < -0.4 is 5.32 Å². The first-order valence-electron chi connectivity index (χ1n) is 9.27. The summed E-state index contributed by atoms with van der Waals surface area (Å²) in [5.74, 6) is 1.71. The number of ether oxygens (including phenoxy) is 1. The lowest BCUT2D eigenvalue weighted by Gasteiger charge is -2.33. The lowest BCUT2D eigenvalue weighted by molar-refractivity contribution is -0.120. The number of fused-ring (bicyclic) bond motifs is 1. The number of aromatic nitrogens is 2. The molecule has 0 aliphatic carbocycles. The van der Waals surface area contributed by atoms with Crippen molar-refractivity contribution in [1.29, 1.82) is 0 Å². The van der Waals surface area contributed by atoms with E-state index in [2.05, 4.69) is 20.4 Å². The Hall–Kier alpha value is -2.64. The maximum atomic E-state index is 12.5. The summed E-state index contributed by atoms with van der Waals surface area (Å²) < 4.78 is 11.3. The normalized spacial score (nSPS) is 16.5. The molecule has 1 amide bonds. The van der Waals surface area contributed by atoms with Crippen molar-refractivity contribution in [2.45, 2.75) is 19.4 Å². The van der Waals surface area contributed by atoms with E-state index in [4.69, 9.17) is 9.15 Å². The molecule has 0 unspecified atom stereocenters. The van der Waals surface area contributed by atoms with E-state index >= 15 is 0 Å². The van der Waals surface area contributed by atoms with E-state index < -0.39 is 0 Å². The van der Waals surface area contributed by atoms with E-state index in [0.29, 0.717) is 19.8 Å². The molecule has 7 heteroatoms. The van der Waals surface area contributed by atoms with Crippen LogP contribution in [-0.4, -0.2) is 53.9 Å². The number of hydrogen-bond donors (Lipinski definition) is 2. The molecule has 0 bridgehead atoms. The van der Waals surface area contributed by atoms with Crippen LogP contribution in [0.4, 0.5) is 0 Å². The topological polar surface area (TPSA) is 83.4 Å². The monoisotopic (exact) mass is 368 g/mol. The number of para-hydroxylation sites is 1. The zero-order valence-electron chi connectivity index (χ0n) is 15.4. The van der Waals surface area contributed by atoms with Gasteiger partial charge in [0.05, 0.1) is 36.9 Å². The van der Waals surface area contributed by atoms with Gasteiger partial charge in [-0.05, 0) is 25.1 Å². The number of benzene rings is 1. The van der Waals surface area contributed by atoms with Gasteiger partial charge in [-0.3, -0.25) is 14.8 Å². The Balaban J connectivity index is 1.43. The average molecular weight is 368 g/mol. The molecule has 3 heterocycles. The van der Waals surface area contributed by atoms with Crippen molar-refractivity contribution in [3.05, 3.63) is 53.6 Å². The van der Waals surface area contributed by atoms with Crippen LogP contribution in [0.5, 0.6) is 0 Å². The second-order valence-corrected chi connectivity index (χ2v) is 6.81. The van der Waals surface area contributed by atoms with Crippen LogP contribution in [0.25, 0.3) is 10.9 Å². The number of nitrogens with one attached hydrogen (secondary N) is 2. The third-order valence-corrected chi connectivity index (χ3v) is 4.95. The Bertz CT molecular complexity index is 911. The fraction of sp³-hybridized carbons (Fsp3) is 0.400.